The SMILES string of the molecule is C=CCNC(C)C(C)CBr. The summed E-state index contributed by atoms with van der Waals surface area (Å²) >= 11 is 3.44. The number of hydrogen-bond donors (Lipinski definition) is 1. The van der Waals surface area contributed by atoms with Crippen LogP contribution in [0, 0.1) is 5.92 Å². The van der Waals surface area contributed by atoms with Gasteiger partial charge in [-0.2, -0.15) is 0 Å². The highest BCUT2D eigenvalue weighted by atomic mass is 79.9. The Morgan fingerprint density at radius 3 is 2.60 bits per heavy atom. The van der Waals surface area contributed by atoms with E-state index in [0.717, 1.165) is 11.9 Å². The third-order valence-corrected chi connectivity index (χ3v) is 2.70. The van der Waals surface area contributed by atoms with E-state index >= 15 is 0 Å². The molecule has 0 spiro atoms. The Balaban J connectivity index is 3.40. The first-order valence-corrected chi connectivity index (χ1v) is 4.74. The first kappa shape index (κ1) is 10.2. The predicted octanol–water partition coefficient (Wildman–Crippen LogP) is 2.18. The van der Waals surface area contributed by atoms with Gasteiger partial charge in [0.15, 0.2) is 0 Å². The fourth-order valence-corrected chi connectivity index (χ4v) is 1.16. The van der Waals surface area contributed by atoms with E-state index in [1.54, 1.807) is 0 Å². The molecule has 0 aromatic heterocycles. The van der Waals surface area contributed by atoms with E-state index in [1.165, 1.54) is 0 Å². The Kier molecular flexibility index (Phi) is 6.03. The molecule has 0 aliphatic rings. The summed E-state index contributed by atoms with van der Waals surface area (Å²) in [4.78, 5) is 0. The van der Waals surface area contributed by atoms with Gasteiger partial charge in [-0.15, -0.1) is 6.58 Å². The molecule has 0 aliphatic heterocycles. The van der Waals surface area contributed by atoms with E-state index in [9.17, 15) is 0 Å². The van der Waals surface area contributed by atoms with Crippen LogP contribution in [0.15, 0.2) is 12.7 Å². The Labute approximate surface area is 72.0 Å². The average Bonchev–Trinajstić information content (AvgIpc) is 1.98. The molecule has 10 heavy (non-hydrogen) atoms. The van der Waals surface area contributed by atoms with Crippen molar-refractivity contribution in [1.29, 1.82) is 0 Å². The lowest BCUT2D eigenvalue weighted by atomic mass is 10.1. The summed E-state index contributed by atoms with van der Waals surface area (Å²) in [5.41, 5.74) is 0. The van der Waals surface area contributed by atoms with Gasteiger partial charge in [0.2, 0.25) is 0 Å². The summed E-state index contributed by atoms with van der Waals surface area (Å²) in [5.74, 6) is 0.681. The van der Waals surface area contributed by atoms with Gasteiger partial charge < -0.3 is 5.32 Å². The van der Waals surface area contributed by atoms with Gasteiger partial charge in [0.1, 0.15) is 0 Å². The van der Waals surface area contributed by atoms with Crippen molar-refractivity contribution in [1.82, 2.24) is 5.32 Å². The molecule has 0 aromatic rings. The van der Waals surface area contributed by atoms with E-state index < -0.39 is 0 Å². The van der Waals surface area contributed by atoms with Crippen molar-refractivity contribution in [3.8, 4) is 0 Å². The van der Waals surface area contributed by atoms with Crippen LogP contribution in [-0.2, 0) is 0 Å². The standard InChI is InChI=1S/C8H16BrN/c1-4-5-10-8(3)7(2)6-9/h4,7-8,10H,1,5-6H2,2-3H3. The van der Waals surface area contributed by atoms with E-state index in [1.807, 2.05) is 6.08 Å². The molecular formula is C8H16BrN. The van der Waals surface area contributed by atoms with Crippen molar-refractivity contribution in [3.05, 3.63) is 12.7 Å². The zero-order valence-electron chi connectivity index (χ0n) is 6.73. The third kappa shape index (κ3) is 4.07. The molecule has 0 bridgehead atoms. The van der Waals surface area contributed by atoms with E-state index in [4.69, 9.17) is 0 Å². The third-order valence-electron chi connectivity index (χ3n) is 1.68. The van der Waals surface area contributed by atoms with Gasteiger partial charge in [-0.1, -0.05) is 28.9 Å². The highest BCUT2D eigenvalue weighted by molar-refractivity contribution is 9.09. The molecule has 1 nitrogen and oxygen atoms in total. The number of alkyl halides is 1. The van der Waals surface area contributed by atoms with E-state index in [-0.39, 0.29) is 0 Å². The van der Waals surface area contributed by atoms with Gasteiger partial charge in [-0.3, -0.25) is 0 Å². The van der Waals surface area contributed by atoms with Crippen LogP contribution in [-0.4, -0.2) is 17.9 Å². The second-order valence-electron chi connectivity index (χ2n) is 2.62. The molecule has 0 amide bonds. The topological polar surface area (TPSA) is 12.0 Å². The summed E-state index contributed by atoms with van der Waals surface area (Å²) in [6.07, 6.45) is 1.89. The molecule has 0 aromatic carbocycles. The minimum Gasteiger partial charge on any atom is -0.311 e. The Morgan fingerprint density at radius 2 is 2.20 bits per heavy atom. The van der Waals surface area contributed by atoms with Crippen molar-refractivity contribution >= 4 is 15.9 Å². The molecule has 2 heteroatoms. The molecule has 0 saturated carbocycles. The maximum atomic E-state index is 3.64. The summed E-state index contributed by atoms with van der Waals surface area (Å²) in [5, 5.41) is 4.39. The second kappa shape index (κ2) is 5.93. The van der Waals surface area contributed by atoms with Crippen LogP contribution in [0.25, 0.3) is 0 Å². The highest BCUT2D eigenvalue weighted by Gasteiger charge is 2.07. The number of nitrogens with one attached hydrogen (secondary N) is 1. The van der Waals surface area contributed by atoms with Gasteiger partial charge in [-0.05, 0) is 12.8 Å². The van der Waals surface area contributed by atoms with Crippen LogP contribution >= 0.6 is 15.9 Å². The van der Waals surface area contributed by atoms with Crippen LogP contribution in [0.2, 0.25) is 0 Å². The maximum Gasteiger partial charge on any atom is 0.0134 e. The fraction of sp³-hybridized carbons (Fsp3) is 0.750. The fourth-order valence-electron chi connectivity index (χ4n) is 0.604. The van der Waals surface area contributed by atoms with Gasteiger partial charge in [0.25, 0.3) is 0 Å². The van der Waals surface area contributed by atoms with Gasteiger partial charge in [-0.25, -0.2) is 0 Å². The summed E-state index contributed by atoms with van der Waals surface area (Å²) < 4.78 is 0. The van der Waals surface area contributed by atoms with Crippen molar-refractivity contribution in [3.63, 3.8) is 0 Å². The van der Waals surface area contributed by atoms with Crippen molar-refractivity contribution in [2.45, 2.75) is 19.9 Å². The average molecular weight is 206 g/mol. The molecule has 2 unspecified atom stereocenters. The van der Waals surface area contributed by atoms with Crippen LogP contribution in [0.3, 0.4) is 0 Å². The Bertz CT molecular complexity index is 93.3. The zero-order chi connectivity index (χ0) is 7.98. The lowest BCUT2D eigenvalue weighted by Crippen LogP contribution is -2.32. The quantitative estimate of drug-likeness (QED) is 0.537. The summed E-state index contributed by atoms with van der Waals surface area (Å²) in [6.45, 7) is 8.95. The molecule has 2 atom stereocenters. The van der Waals surface area contributed by atoms with Crippen molar-refractivity contribution < 1.29 is 0 Å². The Morgan fingerprint density at radius 1 is 1.60 bits per heavy atom. The molecule has 0 rings (SSSR count). The van der Waals surface area contributed by atoms with Crippen LogP contribution in [0.4, 0.5) is 0 Å². The monoisotopic (exact) mass is 205 g/mol. The smallest absolute Gasteiger partial charge is 0.0134 e. The first-order chi connectivity index (χ1) is 4.72. The molecule has 0 fully saturated rings. The van der Waals surface area contributed by atoms with E-state index in [0.29, 0.717) is 12.0 Å². The lowest BCUT2D eigenvalue weighted by Gasteiger charge is -2.17. The minimum atomic E-state index is 0.567. The molecule has 0 aliphatic carbocycles. The zero-order valence-corrected chi connectivity index (χ0v) is 8.32. The molecule has 0 heterocycles. The maximum absolute atomic E-state index is 3.64. The highest BCUT2D eigenvalue weighted by Crippen LogP contribution is 2.04. The molecule has 1 N–H and O–H groups in total. The van der Waals surface area contributed by atoms with Crippen LogP contribution in [0.5, 0.6) is 0 Å². The second-order valence-corrected chi connectivity index (χ2v) is 3.26. The number of hydrogen-bond acceptors (Lipinski definition) is 1. The molecular weight excluding hydrogens is 190 g/mol. The van der Waals surface area contributed by atoms with Gasteiger partial charge >= 0.3 is 0 Å². The molecule has 0 saturated heterocycles. The Hall–Kier alpha value is 0.180. The van der Waals surface area contributed by atoms with Gasteiger partial charge in [0.05, 0.1) is 0 Å². The van der Waals surface area contributed by atoms with Crippen LogP contribution < -0.4 is 5.32 Å². The largest absolute Gasteiger partial charge is 0.311 e. The van der Waals surface area contributed by atoms with Gasteiger partial charge in [0, 0.05) is 17.9 Å². The lowest BCUT2D eigenvalue weighted by molar-refractivity contribution is 0.453. The summed E-state index contributed by atoms with van der Waals surface area (Å²) in [7, 11) is 0. The summed E-state index contributed by atoms with van der Waals surface area (Å²) in [6, 6.07) is 0.567. The van der Waals surface area contributed by atoms with Crippen LogP contribution in [0.1, 0.15) is 13.8 Å². The number of rotatable bonds is 5. The molecule has 60 valence electrons. The first-order valence-electron chi connectivity index (χ1n) is 3.62. The predicted molar refractivity (Wildman–Crippen MR) is 50.6 cm³/mol. The molecule has 0 radical (unpaired) electrons. The number of halogens is 1. The normalized spacial score (nSPS) is 16.3. The van der Waals surface area contributed by atoms with E-state index in [2.05, 4.69) is 41.7 Å². The minimum absolute atomic E-state index is 0.567. The van der Waals surface area contributed by atoms with Crippen molar-refractivity contribution in [2.75, 3.05) is 11.9 Å². The van der Waals surface area contributed by atoms with Crippen molar-refractivity contribution in [2.24, 2.45) is 5.92 Å².